The zero-order valence-electron chi connectivity index (χ0n) is 9.53. The molecule has 0 aromatic heterocycles. The van der Waals surface area contributed by atoms with Crippen molar-refractivity contribution in [2.75, 3.05) is 17.7 Å². The summed E-state index contributed by atoms with van der Waals surface area (Å²) in [5, 5.41) is 0.298. The topological polar surface area (TPSA) is 69.4 Å². The van der Waals surface area contributed by atoms with Crippen molar-refractivity contribution in [1.29, 1.82) is 0 Å². The molecular weight excluding hydrogens is 286 g/mol. The summed E-state index contributed by atoms with van der Waals surface area (Å²) in [7, 11) is 0. The third-order valence-electron chi connectivity index (χ3n) is 2.19. The largest absolute Gasteiger partial charge is 0.462 e. The molecule has 0 aliphatic carbocycles. The van der Waals surface area contributed by atoms with Gasteiger partial charge in [0, 0.05) is 12.1 Å². The Morgan fingerprint density at radius 3 is 2.65 bits per heavy atom. The van der Waals surface area contributed by atoms with E-state index in [1.165, 1.54) is 6.07 Å². The molecule has 0 fully saturated rings. The first kappa shape index (κ1) is 13.7. The highest BCUT2D eigenvalue weighted by Crippen LogP contribution is 2.16. The number of ether oxygens (including phenoxy) is 1. The summed E-state index contributed by atoms with van der Waals surface area (Å²) in [6.45, 7) is 2.06. The number of rotatable bonds is 5. The summed E-state index contributed by atoms with van der Waals surface area (Å²) in [6, 6.07) is 4.84. The monoisotopic (exact) mass is 299 g/mol. The van der Waals surface area contributed by atoms with Gasteiger partial charge in [0.2, 0.25) is 0 Å². The second kappa shape index (κ2) is 6.39. The number of halogens is 1. The van der Waals surface area contributed by atoms with Crippen LogP contribution in [0.3, 0.4) is 0 Å². The normalized spacial score (nSPS) is 10.0. The zero-order chi connectivity index (χ0) is 12.8. The molecule has 0 heterocycles. The fraction of sp³-hybridized carbons (Fsp3) is 0.333. The Morgan fingerprint density at radius 1 is 1.41 bits per heavy atom. The number of carbonyl (C=O) groups excluding carboxylic acids is 2. The number of carbonyl (C=O) groups is 2. The highest BCUT2D eigenvalue weighted by atomic mass is 79.9. The Bertz CT molecular complexity index is 432. The molecule has 92 valence electrons. The maximum absolute atomic E-state index is 11.4. The second-order valence-electron chi connectivity index (χ2n) is 3.48. The van der Waals surface area contributed by atoms with Gasteiger partial charge in [-0.1, -0.05) is 22.0 Å². The molecule has 0 spiro atoms. The van der Waals surface area contributed by atoms with E-state index in [9.17, 15) is 9.59 Å². The van der Waals surface area contributed by atoms with Gasteiger partial charge in [0.25, 0.3) is 0 Å². The lowest BCUT2D eigenvalue weighted by molar-refractivity contribution is -0.115. The van der Waals surface area contributed by atoms with Gasteiger partial charge in [0.05, 0.1) is 17.5 Å². The van der Waals surface area contributed by atoms with Crippen LogP contribution in [0, 0.1) is 0 Å². The predicted octanol–water partition coefficient (Wildman–Crippen LogP) is 1.95. The summed E-state index contributed by atoms with van der Waals surface area (Å²) in [4.78, 5) is 22.7. The van der Waals surface area contributed by atoms with Crippen LogP contribution in [0.1, 0.15) is 22.8 Å². The number of alkyl halides is 1. The van der Waals surface area contributed by atoms with E-state index in [1.54, 1.807) is 19.1 Å². The first-order valence-corrected chi connectivity index (χ1v) is 6.33. The molecule has 0 aliphatic heterocycles. The van der Waals surface area contributed by atoms with E-state index >= 15 is 0 Å². The molecule has 0 atom stereocenters. The highest BCUT2D eigenvalue weighted by Gasteiger charge is 2.10. The van der Waals surface area contributed by atoms with Gasteiger partial charge in [-0.3, -0.25) is 4.79 Å². The standard InChI is InChI=1S/C12H14BrNO3/c1-2-17-12(16)9-4-3-8(11(14)6-9)5-10(15)7-13/h3-4,6H,2,5,7,14H2,1H3. The molecule has 0 aliphatic rings. The van der Waals surface area contributed by atoms with Crippen molar-refractivity contribution >= 4 is 33.4 Å². The summed E-state index contributed by atoms with van der Waals surface area (Å²) in [6.07, 6.45) is 0.264. The van der Waals surface area contributed by atoms with Crippen LogP contribution in [0.15, 0.2) is 18.2 Å². The molecule has 1 aromatic rings. The van der Waals surface area contributed by atoms with Crippen molar-refractivity contribution < 1.29 is 14.3 Å². The van der Waals surface area contributed by atoms with Crippen LogP contribution in [0.25, 0.3) is 0 Å². The molecule has 1 aromatic carbocycles. The quantitative estimate of drug-likeness (QED) is 0.512. The fourth-order valence-corrected chi connectivity index (χ4v) is 1.56. The maximum atomic E-state index is 11.4. The van der Waals surface area contributed by atoms with Gasteiger partial charge in [0.1, 0.15) is 5.78 Å². The first-order chi connectivity index (χ1) is 8.08. The number of nitrogens with two attached hydrogens (primary N) is 1. The Balaban J connectivity index is 2.86. The average molecular weight is 300 g/mol. The van der Waals surface area contributed by atoms with E-state index in [-0.39, 0.29) is 12.2 Å². The number of Topliss-reactive ketones (excluding diaryl/α,β-unsaturated/α-hetero) is 1. The zero-order valence-corrected chi connectivity index (χ0v) is 11.1. The van der Waals surface area contributed by atoms with E-state index in [0.717, 1.165) is 5.56 Å². The molecule has 17 heavy (non-hydrogen) atoms. The van der Waals surface area contributed by atoms with Crippen molar-refractivity contribution in [3.05, 3.63) is 29.3 Å². The van der Waals surface area contributed by atoms with E-state index in [0.29, 0.717) is 23.2 Å². The van der Waals surface area contributed by atoms with Crippen LogP contribution in [0.2, 0.25) is 0 Å². The van der Waals surface area contributed by atoms with Gasteiger partial charge in [0.15, 0.2) is 0 Å². The SMILES string of the molecule is CCOC(=O)c1ccc(CC(=O)CBr)c(N)c1. The minimum atomic E-state index is -0.405. The highest BCUT2D eigenvalue weighted by molar-refractivity contribution is 9.09. The van der Waals surface area contributed by atoms with Crippen LogP contribution in [0.5, 0.6) is 0 Å². The Kier molecular flexibility index (Phi) is 5.15. The van der Waals surface area contributed by atoms with Crippen molar-refractivity contribution in [3.63, 3.8) is 0 Å². The van der Waals surface area contributed by atoms with Gasteiger partial charge >= 0.3 is 5.97 Å². The molecule has 4 nitrogen and oxygen atoms in total. The van der Waals surface area contributed by atoms with Gasteiger partial charge in [-0.2, -0.15) is 0 Å². The van der Waals surface area contributed by atoms with Crippen LogP contribution < -0.4 is 5.73 Å². The summed E-state index contributed by atoms with van der Waals surface area (Å²) in [5.74, 6) is -0.363. The van der Waals surface area contributed by atoms with Crippen molar-refractivity contribution in [1.82, 2.24) is 0 Å². The van der Waals surface area contributed by atoms with Crippen molar-refractivity contribution in [2.24, 2.45) is 0 Å². The number of anilines is 1. The molecule has 0 saturated carbocycles. The molecule has 0 bridgehead atoms. The van der Waals surface area contributed by atoms with Gasteiger partial charge in [-0.25, -0.2) is 4.79 Å². The van der Waals surface area contributed by atoms with Crippen LogP contribution >= 0.6 is 15.9 Å². The lowest BCUT2D eigenvalue weighted by atomic mass is 10.0. The second-order valence-corrected chi connectivity index (χ2v) is 4.04. The number of hydrogen-bond acceptors (Lipinski definition) is 4. The van der Waals surface area contributed by atoms with E-state index < -0.39 is 5.97 Å². The third kappa shape index (κ3) is 3.85. The number of nitrogen functional groups attached to an aromatic ring is 1. The van der Waals surface area contributed by atoms with E-state index in [4.69, 9.17) is 10.5 Å². The lowest BCUT2D eigenvalue weighted by Crippen LogP contribution is -2.09. The van der Waals surface area contributed by atoms with Crippen molar-refractivity contribution in [3.8, 4) is 0 Å². The third-order valence-corrected chi connectivity index (χ3v) is 2.82. The van der Waals surface area contributed by atoms with Gasteiger partial charge < -0.3 is 10.5 Å². The molecule has 0 unspecified atom stereocenters. The molecular formula is C12H14BrNO3. The van der Waals surface area contributed by atoms with Gasteiger partial charge in [-0.05, 0) is 24.6 Å². The summed E-state index contributed by atoms with van der Waals surface area (Å²) < 4.78 is 4.86. The Labute approximate surface area is 108 Å². The number of benzene rings is 1. The van der Waals surface area contributed by atoms with Crippen LogP contribution in [-0.2, 0) is 16.0 Å². The van der Waals surface area contributed by atoms with Crippen LogP contribution in [-0.4, -0.2) is 23.7 Å². The minimum Gasteiger partial charge on any atom is -0.462 e. The molecule has 5 heteroatoms. The summed E-state index contributed by atoms with van der Waals surface area (Å²) in [5.41, 5.74) is 7.34. The molecule has 0 saturated heterocycles. The fourth-order valence-electron chi connectivity index (χ4n) is 1.36. The van der Waals surface area contributed by atoms with E-state index in [1.807, 2.05) is 0 Å². The molecule has 1 rings (SSSR count). The van der Waals surface area contributed by atoms with Crippen LogP contribution in [0.4, 0.5) is 5.69 Å². The lowest BCUT2D eigenvalue weighted by Gasteiger charge is -2.07. The van der Waals surface area contributed by atoms with E-state index in [2.05, 4.69) is 15.9 Å². The molecule has 2 N–H and O–H groups in total. The number of ketones is 1. The van der Waals surface area contributed by atoms with Gasteiger partial charge in [-0.15, -0.1) is 0 Å². The first-order valence-electron chi connectivity index (χ1n) is 5.21. The minimum absolute atomic E-state index is 0.0422. The van der Waals surface area contributed by atoms with Crippen molar-refractivity contribution in [2.45, 2.75) is 13.3 Å². The number of hydrogen-bond donors (Lipinski definition) is 1. The molecule has 0 amide bonds. The smallest absolute Gasteiger partial charge is 0.338 e. The molecule has 0 radical (unpaired) electrons. The summed E-state index contributed by atoms with van der Waals surface area (Å²) >= 11 is 3.09. The Morgan fingerprint density at radius 2 is 2.12 bits per heavy atom. The average Bonchev–Trinajstić information content (AvgIpc) is 2.31. The number of esters is 1. The predicted molar refractivity (Wildman–Crippen MR) is 69.3 cm³/mol. The maximum Gasteiger partial charge on any atom is 0.338 e. The Hall–Kier alpha value is -1.36.